The van der Waals surface area contributed by atoms with Gasteiger partial charge in [0, 0.05) is 13.1 Å². The quantitative estimate of drug-likeness (QED) is 0.558. The van der Waals surface area contributed by atoms with E-state index in [1.54, 1.807) is 17.8 Å². The van der Waals surface area contributed by atoms with Gasteiger partial charge in [-0.15, -0.1) is 0 Å². The summed E-state index contributed by atoms with van der Waals surface area (Å²) in [4.78, 5) is 31.1. The van der Waals surface area contributed by atoms with Crippen molar-refractivity contribution in [2.45, 2.75) is 26.8 Å². The Bertz CT molecular complexity index is 684. The summed E-state index contributed by atoms with van der Waals surface area (Å²) in [5.41, 5.74) is 0.670. The fraction of sp³-hybridized carbons (Fsp3) is 0.500. The van der Waals surface area contributed by atoms with Crippen molar-refractivity contribution in [1.29, 1.82) is 0 Å². The van der Waals surface area contributed by atoms with Crippen molar-refractivity contribution in [2.75, 3.05) is 25.0 Å². The highest BCUT2D eigenvalue weighted by Crippen LogP contribution is 2.18. The Morgan fingerprint density at radius 2 is 2.09 bits per heavy atom. The fourth-order valence-corrected chi connectivity index (χ4v) is 1.99. The van der Waals surface area contributed by atoms with E-state index in [4.69, 9.17) is 0 Å². The van der Waals surface area contributed by atoms with Gasteiger partial charge in [-0.05, 0) is 13.3 Å². The minimum atomic E-state index is -0.883. The molecule has 0 saturated carbocycles. The van der Waals surface area contributed by atoms with Crippen LogP contribution in [0.5, 0.6) is 0 Å². The molecule has 9 nitrogen and oxygen atoms in total. The van der Waals surface area contributed by atoms with Crippen LogP contribution in [0.1, 0.15) is 20.3 Å². The lowest BCUT2D eigenvalue weighted by Gasteiger charge is -2.06. The molecule has 0 saturated heterocycles. The highest BCUT2D eigenvalue weighted by atomic mass is 16.5. The van der Waals surface area contributed by atoms with Crippen LogP contribution in [0.15, 0.2) is 12.5 Å². The van der Waals surface area contributed by atoms with Gasteiger partial charge < -0.3 is 15.4 Å². The number of carbonyl (C=O) groups excluding carboxylic acids is 2. The Morgan fingerprint density at radius 1 is 1.26 bits per heavy atom. The first-order chi connectivity index (χ1) is 11.2. The van der Waals surface area contributed by atoms with E-state index in [1.165, 1.54) is 6.33 Å². The van der Waals surface area contributed by atoms with Crippen molar-refractivity contribution in [3.63, 3.8) is 0 Å². The van der Waals surface area contributed by atoms with E-state index in [0.29, 0.717) is 12.2 Å². The molecule has 0 aliphatic carbocycles. The van der Waals surface area contributed by atoms with Gasteiger partial charge in [-0.2, -0.15) is 5.10 Å². The molecule has 2 heterocycles. The Kier molecular flexibility index (Phi) is 5.84. The number of carbonyl (C=O) groups is 2. The van der Waals surface area contributed by atoms with Gasteiger partial charge in [0.25, 0.3) is 0 Å². The van der Waals surface area contributed by atoms with Crippen LogP contribution >= 0.6 is 0 Å². The molecule has 0 atom stereocenters. The van der Waals surface area contributed by atoms with Gasteiger partial charge in [0.15, 0.2) is 5.65 Å². The minimum Gasteiger partial charge on any atom is -0.459 e. The van der Waals surface area contributed by atoms with E-state index in [1.807, 2.05) is 0 Å². The second-order valence-corrected chi connectivity index (χ2v) is 4.73. The number of nitrogens with one attached hydrogen (secondary N) is 2. The second kappa shape index (κ2) is 8.06. The average Bonchev–Trinajstić information content (AvgIpc) is 2.97. The smallest absolute Gasteiger partial charge is 0.396 e. The lowest BCUT2D eigenvalue weighted by Crippen LogP contribution is -2.34. The topological polar surface area (TPSA) is 111 Å². The molecule has 1 amide bonds. The molecule has 0 fully saturated rings. The van der Waals surface area contributed by atoms with Crippen molar-refractivity contribution < 1.29 is 14.3 Å². The number of aromatic nitrogens is 4. The van der Waals surface area contributed by atoms with Crippen molar-refractivity contribution in [1.82, 2.24) is 25.1 Å². The third-order valence-electron chi connectivity index (χ3n) is 3.05. The monoisotopic (exact) mass is 320 g/mol. The lowest BCUT2D eigenvalue weighted by atomic mass is 10.3. The van der Waals surface area contributed by atoms with Gasteiger partial charge in [0.1, 0.15) is 12.1 Å². The summed E-state index contributed by atoms with van der Waals surface area (Å²) < 4.78 is 6.26. The van der Waals surface area contributed by atoms with Crippen LogP contribution in [0.3, 0.4) is 0 Å². The third kappa shape index (κ3) is 4.15. The molecule has 23 heavy (non-hydrogen) atoms. The average molecular weight is 320 g/mol. The predicted molar refractivity (Wildman–Crippen MR) is 83.7 cm³/mol. The van der Waals surface area contributed by atoms with Crippen LogP contribution in [0.25, 0.3) is 11.0 Å². The maximum Gasteiger partial charge on any atom is 0.396 e. The molecule has 2 rings (SSSR count). The summed E-state index contributed by atoms with van der Waals surface area (Å²) in [6.45, 7) is 5.33. The van der Waals surface area contributed by atoms with Gasteiger partial charge in [0.05, 0.1) is 24.7 Å². The number of rotatable bonds is 7. The van der Waals surface area contributed by atoms with Crippen LogP contribution < -0.4 is 10.6 Å². The van der Waals surface area contributed by atoms with Gasteiger partial charge in [-0.25, -0.2) is 19.4 Å². The Hall–Kier alpha value is -2.71. The molecule has 0 bridgehead atoms. The summed E-state index contributed by atoms with van der Waals surface area (Å²) in [5.74, 6) is -0.909. The first-order valence-electron chi connectivity index (χ1n) is 7.52. The molecule has 0 aliphatic heterocycles. The molecule has 0 radical (unpaired) electrons. The zero-order chi connectivity index (χ0) is 16.7. The van der Waals surface area contributed by atoms with Crippen LogP contribution in [0.2, 0.25) is 0 Å². The zero-order valence-electron chi connectivity index (χ0n) is 13.2. The van der Waals surface area contributed by atoms with E-state index in [0.717, 1.165) is 24.2 Å². The van der Waals surface area contributed by atoms with E-state index in [-0.39, 0.29) is 13.2 Å². The number of hydrogen-bond acceptors (Lipinski definition) is 7. The van der Waals surface area contributed by atoms with Crippen LogP contribution in [-0.2, 0) is 20.9 Å². The first-order valence-corrected chi connectivity index (χ1v) is 7.52. The van der Waals surface area contributed by atoms with E-state index in [9.17, 15) is 9.59 Å². The van der Waals surface area contributed by atoms with Crippen LogP contribution in [0.4, 0.5) is 5.82 Å². The second-order valence-electron chi connectivity index (χ2n) is 4.73. The fourth-order valence-electron chi connectivity index (χ4n) is 1.99. The third-order valence-corrected chi connectivity index (χ3v) is 3.05. The van der Waals surface area contributed by atoms with Gasteiger partial charge in [-0.1, -0.05) is 6.92 Å². The zero-order valence-corrected chi connectivity index (χ0v) is 13.2. The highest BCUT2D eigenvalue weighted by molar-refractivity contribution is 6.32. The predicted octanol–water partition coefficient (Wildman–Crippen LogP) is 0.327. The minimum absolute atomic E-state index is 0.167. The summed E-state index contributed by atoms with van der Waals surface area (Å²) in [7, 11) is 0. The van der Waals surface area contributed by atoms with Crippen molar-refractivity contribution in [2.24, 2.45) is 0 Å². The molecular weight excluding hydrogens is 300 g/mol. The highest BCUT2D eigenvalue weighted by Gasteiger charge is 2.14. The molecule has 9 heteroatoms. The summed E-state index contributed by atoms with van der Waals surface area (Å²) in [5, 5.41) is 10.8. The van der Waals surface area contributed by atoms with E-state index in [2.05, 4.69) is 37.4 Å². The molecule has 2 N–H and O–H groups in total. The SMILES string of the molecule is CCCNc1ncnc2c1cnn2CCNC(=O)C(=O)OCC. The Balaban J connectivity index is 1.99. The lowest BCUT2D eigenvalue weighted by molar-refractivity contribution is -0.154. The number of esters is 1. The molecule has 0 unspecified atom stereocenters. The van der Waals surface area contributed by atoms with Crippen molar-refractivity contribution in [3.8, 4) is 0 Å². The number of ether oxygens (including phenoxy) is 1. The summed E-state index contributed by atoms with van der Waals surface area (Å²) in [6.07, 6.45) is 4.13. The Labute approximate surface area is 133 Å². The standard InChI is InChI=1S/C14H20N6O3/c1-3-5-15-11-10-8-19-20(12(10)18-9-17-11)7-6-16-13(21)14(22)23-4-2/h8-9H,3-7H2,1-2H3,(H,16,21)(H,15,17,18). The molecule has 2 aromatic rings. The molecule has 124 valence electrons. The van der Waals surface area contributed by atoms with Crippen LogP contribution in [-0.4, -0.2) is 51.3 Å². The largest absolute Gasteiger partial charge is 0.459 e. The number of hydrogen-bond donors (Lipinski definition) is 2. The van der Waals surface area contributed by atoms with E-state index >= 15 is 0 Å². The molecule has 0 spiro atoms. The maximum atomic E-state index is 11.4. The molecule has 2 aromatic heterocycles. The van der Waals surface area contributed by atoms with Crippen molar-refractivity contribution in [3.05, 3.63) is 12.5 Å². The number of nitrogens with zero attached hydrogens (tertiary/aromatic N) is 4. The van der Waals surface area contributed by atoms with Gasteiger partial charge in [-0.3, -0.25) is 4.79 Å². The van der Waals surface area contributed by atoms with Crippen LogP contribution in [0, 0.1) is 0 Å². The number of fused-ring (bicyclic) bond motifs is 1. The summed E-state index contributed by atoms with van der Waals surface area (Å²) >= 11 is 0. The summed E-state index contributed by atoms with van der Waals surface area (Å²) in [6, 6.07) is 0. The van der Waals surface area contributed by atoms with Gasteiger partial charge >= 0.3 is 11.9 Å². The van der Waals surface area contributed by atoms with Crippen molar-refractivity contribution >= 4 is 28.7 Å². The van der Waals surface area contributed by atoms with E-state index < -0.39 is 11.9 Å². The maximum absolute atomic E-state index is 11.4. The van der Waals surface area contributed by atoms with Gasteiger partial charge in [0.2, 0.25) is 0 Å². The molecule has 0 aromatic carbocycles. The number of amides is 1. The first kappa shape index (κ1) is 16.7. The number of anilines is 1. The molecular formula is C14H20N6O3. The Morgan fingerprint density at radius 3 is 2.83 bits per heavy atom. The normalized spacial score (nSPS) is 10.5. The molecule has 0 aliphatic rings.